The number of amides is 1. The first-order valence-corrected chi connectivity index (χ1v) is 5.97. The number of aromatic nitrogens is 1. The lowest BCUT2D eigenvalue weighted by molar-refractivity contribution is -0.119. The van der Waals surface area contributed by atoms with E-state index in [1.807, 2.05) is 0 Å². The smallest absolute Gasteiger partial charge is 0.227 e. The number of carbonyl (C=O) groups excluding carboxylic acids is 1. The molecule has 1 fully saturated rings. The molecule has 1 amide bonds. The summed E-state index contributed by atoms with van der Waals surface area (Å²) in [6.45, 7) is 0. The van der Waals surface area contributed by atoms with Crippen LogP contribution in [-0.2, 0) is 4.79 Å². The maximum absolute atomic E-state index is 11.8. The number of halogens is 1. The molecular weight excluding hydrogens is 256 g/mol. The molecule has 1 aromatic heterocycles. The number of nitrogens with zero attached hydrogens (tertiary/aromatic N) is 1. The lowest BCUT2D eigenvalue weighted by atomic mass is 10.1. The van der Waals surface area contributed by atoms with Crippen molar-refractivity contribution in [2.24, 2.45) is 5.92 Å². The van der Waals surface area contributed by atoms with Crippen LogP contribution in [0.5, 0.6) is 0 Å². The fourth-order valence-corrected chi connectivity index (χ4v) is 2.25. The third kappa shape index (κ3) is 2.56. The van der Waals surface area contributed by atoms with Gasteiger partial charge in [-0.15, -0.1) is 0 Å². The van der Waals surface area contributed by atoms with Gasteiger partial charge >= 0.3 is 0 Å². The molecule has 0 radical (unpaired) electrons. The van der Waals surface area contributed by atoms with Crippen LogP contribution in [0.4, 0.5) is 5.69 Å². The van der Waals surface area contributed by atoms with E-state index in [2.05, 4.69) is 26.2 Å². The zero-order valence-electron chi connectivity index (χ0n) is 8.37. The van der Waals surface area contributed by atoms with Crippen LogP contribution in [0.15, 0.2) is 22.9 Å². The van der Waals surface area contributed by atoms with Crippen molar-refractivity contribution in [2.75, 3.05) is 5.32 Å². The predicted molar refractivity (Wildman–Crippen MR) is 62.5 cm³/mol. The zero-order valence-corrected chi connectivity index (χ0v) is 9.96. The van der Waals surface area contributed by atoms with Crippen LogP contribution in [0.25, 0.3) is 0 Å². The number of anilines is 1. The molecule has 15 heavy (non-hydrogen) atoms. The number of hydrogen-bond donors (Lipinski definition) is 1. The van der Waals surface area contributed by atoms with Crippen LogP contribution in [-0.4, -0.2) is 10.9 Å². The Bertz CT molecular complexity index is 361. The topological polar surface area (TPSA) is 42.0 Å². The summed E-state index contributed by atoms with van der Waals surface area (Å²) in [5, 5.41) is 2.93. The third-order valence-electron chi connectivity index (χ3n) is 2.76. The Morgan fingerprint density at radius 3 is 2.87 bits per heavy atom. The minimum absolute atomic E-state index is 0.138. The zero-order chi connectivity index (χ0) is 10.7. The summed E-state index contributed by atoms with van der Waals surface area (Å²) >= 11 is 3.36. The van der Waals surface area contributed by atoms with E-state index >= 15 is 0 Å². The van der Waals surface area contributed by atoms with Gasteiger partial charge in [-0.05, 0) is 34.8 Å². The minimum Gasteiger partial charge on any atom is -0.325 e. The second-order valence-corrected chi connectivity index (χ2v) is 4.68. The fraction of sp³-hybridized carbons (Fsp3) is 0.455. The fourth-order valence-electron chi connectivity index (χ4n) is 1.90. The lowest BCUT2D eigenvalue weighted by Crippen LogP contribution is -2.20. The summed E-state index contributed by atoms with van der Waals surface area (Å²) in [4.78, 5) is 15.8. The van der Waals surface area contributed by atoms with Gasteiger partial charge < -0.3 is 5.32 Å². The highest BCUT2D eigenvalue weighted by atomic mass is 79.9. The molecule has 1 N–H and O–H groups in total. The summed E-state index contributed by atoms with van der Waals surface area (Å²) < 4.78 is 0.830. The van der Waals surface area contributed by atoms with Crippen molar-refractivity contribution in [3.63, 3.8) is 0 Å². The van der Waals surface area contributed by atoms with Gasteiger partial charge in [-0.3, -0.25) is 9.78 Å². The van der Waals surface area contributed by atoms with Gasteiger partial charge in [0.1, 0.15) is 0 Å². The van der Waals surface area contributed by atoms with E-state index < -0.39 is 0 Å². The van der Waals surface area contributed by atoms with Gasteiger partial charge in [-0.25, -0.2) is 0 Å². The van der Waals surface area contributed by atoms with Crippen molar-refractivity contribution < 1.29 is 4.79 Å². The Balaban J connectivity index is 2.02. The summed E-state index contributed by atoms with van der Waals surface area (Å²) in [6.07, 6.45) is 7.76. The molecule has 1 saturated carbocycles. The van der Waals surface area contributed by atoms with Crippen LogP contribution in [0, 0.1) is 5.92 Å². The summed E-state index contributed by atoms with van der Waals surface area (Å²) in [5.74, 6) is 0.337. The van der Waals surface area contributed by atoms with Crippen LogP contribution in [0.2, 0.25) is 0 Å². The van der Waals surface area contributed by atoms with Crippen LogP contribution in [0.1, 0.15) is 25.7 Å². The highest BCUT2D eigenvalue weighted by molar-refractivity contribution is 9.10. The third-order valence-corrected chi connectivity index (χ3v) is 3.39. The van der Waals surface area contributed by atoms with E-state index in [0.29, 0.717) is 0 Å². The first-order valence-electron chi connectivity index (χ1n) is 5.18. The SMILES string of the molecule is O=C(Nc1ccncc1Br)C1CCCC1. The van der Waals surface area contributed by atoms with E-state index in [4.69, 9.17) is 0 Å². The van der Waals surface area contributed by atoms with Gasteiger partial charge in [0.15, 0.2) is 0 Å². The van der Waals surface area contributed by atoms with Crippen molar-refractivity contribution in [3.8, 4) is 0 Å². The van der Waals surface area contributed by atoms with Crippen molar-refractivity contribution >= 4 is 27.5 Å². The molecule has 1 aliphatic rings. The van der Waals surface area contributed by atoms with E-state index in [1.165, 1.54) is 12.8 Å². The second kappa shape index (κ2) is 4.75. The molecule has 0 bridgehead atoms. The maximum Gasteiger partial charge on any atom is 0.227 e. The number of rotatable bonds is 2. The van der Waals surface area contributed by atoms with Crippen molar-refractivity contribution in [3.05, 3.63) is 22.9 Å². The standard InChI is InChI=1S/C11H13BrN2O/c12-9-7-13-6-5-10(9)14-11(15)8-3-1-2-4-8/h5-8H,1-4H2,(H,13,14,15). The number of hydrogen-bond acceptors (Lipinski definition) is 2. The number of carbonyl (C=O) groups is 1. The number of pyridine rings is 1. The molecule has 3 nitrogen and oxygen atoms in total. The van der Waals surface area contributed by atoms with E-state index in [-0.39, 0.29) is 11.8 Å². The van der Waals surface area contributed by atoms with Gasteiger partial charge in [0.2, 0.25) is 5.91 Å². The second-order valence-electron chi connectivity index (χ2n) is 3.83. The van der Waals surface area contributed by atoms with E-state index in [0.717, 1.165) is 23.0 Å². The molecule has 0 aliphatic heterocycles. The molecule has 0 saturated heterocycles. The molecule has 0 spiro atoms. The highest BCUT2D eigenvalue weighted by Gasteiger charge is 2.22. The van der Waals surface area contributed by atoms with Gasteiger partial charge in [-0.1, -0.05) is 12.8 Å². The van der Waals surface area contributed by atoms with Crippen molar-refractivity contribution in [1.29, 1.82) is 0 Å². The molecule has 4 heteroatoms. The first kappa shape index (κ1) is 10.6. The van der Waals surface area contributed by atoms with Gasteiger partial charge in [0, 0.05) is 18.3 Å². The normalized spacial score (nSPS) is 16.6. The van der Waals surface area contributed by atoms with Gasteiger partial charge in [-0.2, -0.15) is 0 Å². The molecule has 1 heterocycles. The van der Waals surface area contributed by atoms with Crippen LogP contribution in [0.3, 0.4) is 0 Å². The van der Waals surface area contributed by atoms with Crippen molar-refractivity contribution in [1.82, 2.24) is 4.98 Å². The Kier molecular flexibility index (Phi) is 3.36. The maximum atomic E-state index is 11.8. The molecule has 1 aliphatic carbocycles. The molecule has 2 rings (SSSR count). The highest BCUT2D eigenvalue weighted by Crippen LogP contribution is 2.27. The Hall–Kier alpha value is -0.900. The molecule has 0 aromatic carbocycles. The summed E-state index contributed by atoms with van der Waals surface area (Å²) in [5.41, 5.74) is 0.807. The number of nitrogens with one attached hydrogen (secondary N) is 1. The summed E-state index contributed by atoms with van der Waals surface area (Å²) in [6, 6.07) is 1.80. The predicted octanol–water partition coefficient (Wildman–Crippen LogP) is 2.97. The van der Waals surface area contributed by atoms with Crippen LogP contribution >= 0.6 is 15.9 Å². The average molecular weight is 269 g/mol. The molecular formula is C11H13BrN2O. The van der Waals surface area contributed by atoms with E-state index in [9.17, 15) is 4.79 Å². The van der Waals surface area contributed by atoms with Gasteiger partial charge in [0.05, 0.1) is 10.2 Å². The Labute approximate surface area is 97.4 Å². The monoisotopic (exact) mass is 268 g/mol. The molecule has 0 unspecified atom stereocenters. The Morgan fingerprint density at radius 2 is 2.20 bits per heavy atom. The first-order chi connectivity index (χ1) is 7.27. The Morgan fingerprint density at radius 1 is 1.47 bits per heavy atom. The molecule has 80 valence electrons. The van der Waals surface area contributed by atoms with E-state index in [1.54, 1.807) is 18.5 Å². The van der Waals surface area contributed by atoms with Crippen molar-refractivity contribution in [2.45, 2.75) is 25.7 Å². The summed E-state index contributed by atoms with van der Waals surface area (Å²) in [7, 11) is 0. The average Bonchev–Trinajstić information content (AvgIpc) is 2.74. The molecule has 1 aromatic rings. The van der Waals surface area contributed by atoms with Crippen LogP contribution < -0.4 is 5.32 Å². The minimum atomic E-state index is 0.138. The largest absolute Gasteiger partial charge is 0.325 e. The molecule has 0 atom stereocenters. The quantitative estimate of drug-likeness (QED) is 0.896. The lowest BCUT2D eigenvalue weighted by Gasteiger charge is -2.10. The van der Waals surface area contributed by atoms with Gasteiger partial charge in [0.25, 0.3) is 0 Å².